The number of epoxide rings is 1. The van der Waals surface area contributed by atoms with Crippen molar-refractivity contribution in [3.8, 4) is 0 Å². The van der Waals surface area contributed by atoms with Crippen molar-refractivity contribution in [2.75, 3.05) is 0 Å². The predicted molar refractivity (Wildman–Crippen MR) is 63.5 cm³/mol. The van der Waals surface area contributed by atoms with Crippen molar-refractivity contribution in [2.45, 2.75) is 63.8 Å². The van der Waals surface area contributed by atoms with Crippen LogP contribution in [0.5, 0.6) is 0 Å². The second-order valence-electron chi connectivity index (χ2n) is 6.58. The van der Waals surface area contributed by atoms with E-state index < -0.39 is 11.2 Å². The van der Waals surface area contributed by atoms with Gasteiger partial charge in [-0.25, -0.2) is 0 Å². The van der Waals surface area contributed by atoms with Crippen LogP contribution in [0.2, 0.25) is 0 Å². The van der Waals surface area contributed by atoms with Crippen LogP contribution in [0.1, 0.15) is 46.5 Å². The molecule has 1 saturated heterocycles. The Morgan fingerprint density at radius 3 is 2.71 bits per heavy atom. The van der Waals surface area contributed by atoms with Crippen molar-refractivity contribution in [3.05, 3.63) is 0 Å². The molecule has 3 aliphatic rings. The molecule has 0 radical (unpaired) electrons. The summed E-state index contributed by atoms with van der Waals surface area (Å²) < 4.78 is 5.82. The van der Waals surface area contributed by atoms with Crippen LogP contribution in [0.25, 0.3) is 0 Å². The second-order valence-corrected chi connectivity index (χ2v) is 6.58. The second kappa shape index (κ2) is 3.33. The van der Waals surface area contributed by atoms with E-state index in [0.717, 1.165) is 12.8 Å². The first-order chi connectivity index (χ1) is 7.88. The molecular weight excluding hydrogens is 216 g/mol. The SMILES string of the molecule is CC(=O)[C@@]12CC[C@@](C)(O)[C@@H]3CC[C@@H](C)C3[C@@H]1O2. The maximum Gasteiger partial charge on any atom is 0.164 e. The number of fused-ring (bicyclic) bond motifs is 3. The van der Waals surface area contributed by atoms with Crippen molar-refractivity contribution in [3.63, 3.8) is 0 Å². The zero-order valence-corrected chi connectivity index (χ0v) is 10.9. The van der Waals surface area contributed by atoms with Crippen molar-refractivity contribution in [1.82, 2.24) is 0 Å². The number of ketones is 1. The summed E-state index contributed by atoms with van der Waals surface area (Å²) in [7, 11) is 0. The normalized spacial score (nSPS) is 56.9. The Balaban J connectivity index is 1.96. The molecule has 0 bridgehead atoms. The minimum absolute atomic E-state index is 0.0801. The lowest BCUT2D eigenvalue weighted by molar-refractivity contribution is -0.122. The maximum atomic E-state index is 11.8. The van der Waals surface area contributed by atoms with Gasteiger partial charge in [0.15, 0.2) is 11.4 Å². The van der Waals surface area contributed by atoms with Crippen LogP contribution in [0, 0.1) is 17.8 Å². The molecule has 1 N–H and O–H groups in total. The molecule has 96 valence electrons. The van der Waals surface area contributed by atoms with Crippen molar-refractivity contribution in [1.29, 1.82) is 0 Å². The van der Waals surface area contributed by atoms with Gasteiger partial charge >= 0.3 is 0 Å². The van der Waals surface area contributed by atoms with E-state index in [9.17, 15) is 9.90 Å². The zero-order chi connectivity index (χ0) is 12.4. The average Bonchev–Trinajstić information content (AvgIpc) is 2.86. The number of ether oxygens (including phenoxy) is 1. The first-order valence-corrected chi connectivity index (χ1v) is 6.80. The first-order valence-electron chi connectivity index (χ1n) is 6.80. The molecule has 2 saturated carbocycles. The summed E-state index contributed by atoms with van der Waals surface area (Å²) in [5.41, 5.74) is -1.16. The largest absolute Gasteiger partial charge is 0.390 e. The molecule has 0 aromatic heterocycles. The van der Waals surface area contributed by atoms with Gasteiger partial charge in [-0.05, 0) is 57.3 Å². The minimum atomic E-state index is -0.616. The summed E-state index contributed by atoms with van der Waals surface area (Å²) in [5, 5.41) is 10.6. The number of carbonyl (C=O) groups excluding carboxylic acids is 1. The summed E-state index contributed by atoms with van der Waals surface area (Å²) in [6.45, 7) is 5.81. The van der Waals surface area contributed by atoms with Crippen molar-refractivity contribution >= 4 is 5.78 Å². The van der Waals surface area contributed by atoms with Gasteiger partial charge in [-0.1, -0.05) is 6.92 Å². The molecule has 0 aromatic carbocycles. The van der Waals surface area contributed by atoms with Crippen LogP contribution in [0.15, 0.2) is 0 Å². The molecule has 3 heteroatoms. The van der Waals surface area contributed by atoms with E-state index in [4.69, 9.17) is 4.74 Å². The van der Waals surface area contributed by atoms with Crippen molar-refractivity contribution in [2.24, 2.45) is 17.8 Å². The lowest BCUT2D eigenvalue weighted by atomic mass is 9.77. The van der Waals surface area contributed by atoms with Crippen LogP contribution < -0.4 is 0 Å². The highest BCUT2D eigenvalue weighted by Crippen LogP contribution is 2.59. The Bertz CT molecular complexity index is 362. The third-order valence-corrected chi connectivity index (χ3v) is 5.54. The number of hydrogen-bond acceptors (Lipinski definition) is 3. The molecule has 3 fully saturated rings. The van der Waals surface area contributed by atoms with Gasteiger partial charge in [0.1, 0.15) is 0 Å². The summed E-state index contributed by atoms with van der Waals surface area (Å²) in [4.78, 5) is 11.8. The standard InChI is InChI=1S/C14H22O3/c1-8-4-5-10-11(8)12-14(17-12,9(2)15)7-6-13(10,3)16/h8,10-12,16H,4-7H2,1-3H3/t8-,10-,11?,12+,13-,14+/m1/s1. The Hall–Kier alpha value is -0.410. The highest BCUT2D eigenvalue weighted by atomic mass is 16.6. The predicted octanol–water partition coefficient (Wildman–Crippen LogP) is 1.92. The van der Waals surface area contributed by atoms with Gasteiger partial charge in [-0.2, -0.15) is 0 Å². The molecular formula is C14H22O3. The molecule has 6 atom stereocenters. The van der Waals surface area contributed by atoms with Crippen LogP contribution in [0.3, 0.4) is 0 Å². The number of Topliss-reactive ketones (excluding diaryl/α,β-unsaturated/α-hetero) is 1. The fourth-order valence-electron chi connectivity index (χ4n) is 4.33. The molecule has 2 aliphatic carbocycles. The Kier molecular flexibility index (Phi) is 2.28. The van der Waals surface area contributed by atoms with Gasteiger partial charge in [-0.3, -0.25) is 4.79 Å². The van der Waals surface area contributed by atoms with E-state index in [1.54, 1.807) is 6.92 Å². The Morgan fingerprint density at radius 2 is 2.06 bits per heavy atom. The van der Waals surface area contributed by atoms with Crippen LogP contribution in [0.4, 0.5) is 0 Å². The van der Waals surface area contributed by atoms with E-state index in [2.05, 4.69) is 6.92 Å². The van der Waals surface area contributed by atoms with E-state index in [0.29, 0.717) is 30.6 Å². The van der Waals surface area contributed by atoms with Crippen LogP contribution in [-0.4, -0.2) is 28.2 Å². The topological polar surface area (TPSA) is 49.8 Å². The van der Waals surface area contributed by atoms with Crippen LogP contribution in [-0.2, 0) is 9.53 Å². The molecule has 0 amide bonds. The minimum Gasteiger partial charge on any atom is -0.390 e. The van der Waals surface area contributed by atoms with Gasteiger partial charge in [-0.15, -0.1) is 0 Å². The smallest absolute Gasteiger partial charge is 0.164 e. The molecule has 17 heavy (non-hydrogen) atoms. The number of carbonyl (C=O) groups is 1. The van der Waals surface area contributed by atoms with E-state index in [-0.39, 0.29) is 11.9 Å². The summed E-state index contributed by atoms with van der Waals surface area (Å²) in [5.74, 6) is 1.40. The van der Waals surface area contributed by atoms with Crippen LogP contribution >= 0.6 is 0 Å². The lowest BCUT2D eigenvalue weighted by Gasteiger charge is -2.33. The van der Waals surface area contributed by atoms with E-state index >= 15 is 0 Å². The molecule has 1 unspecified atom stereocenters. The Labute approximate surface area is 103 Å². The monoisotopic (exact) mass is 238 g/mol. The van der Waals surface area contributed by atoms with Gasteiger partial charge in [0, 0.05) is 0 Å². The third-order valence-electron chi connectivity index (χ3n) is 5.54. The molecule has 0 spiro atoms. The molecule has 1 heterocycles. The zero-order valence-electron chi connectivity index (χ0n) is 10.9. The molecule has 3 nitrogen and oxygen atoms in total. The third kappa shape index (κ3) is 1.45. The molecule has 0 aromatic rings. The summed E-state index contributed by atoms with van der Waals surface area (Å²) >= 11 is 0. The van der Waals surface area contributed by atoms with Gasteiger partial charge in [0.05, 0.1) is 11.7 Å². The number of aliphatic hydroxyl groups is 1. The molecule has 1 aliphatic heterocycles. The molecule has 3 rings (SSSR count). The first kappa shape index (κ1) is 11.7. The Morgan fingerprint density at radius 1 is 1.35 bits per heavy atom. The summed E-state index contributed by atoms with van der Waals surface area (Å²) in [6.07, 6.45) is 3.69. The fourth-order valence-corrected chi connectivity index (χ4v) is 4.33. The fraction of sp³-hybridized carbons (Fsp3) is 0.929. The highest BCUT2D eigenvalue weighted by molar-refractivity contribution is 5.88. The van der Waals surface area contributed by atoms with E-state index in [1.807, 2.05) is 6.92 Å². The summed E-state index contributed by atoms with van der Waals surface area (Å²) in [6, 6.07) is 0. The quantitative estimate of drug-likeness (QED) is 0.710. The lowest BCUT2D eigenvalue weighted by Crippen LogP contribution is -2.38. The number of rotatable bonds is 1. The maximum absolute atomic E-state index is 11.8. The number of hydrogen-bond donors (Lipinski definition) is 1. The average molecular weight is 238 g/mol. The van der Waals surface area contributed by atoms with Gasteiger partial charge < -0.3 is 9.84 Å². The highest BCUT2D eigenvalue weighted by Gasteiger charge is 2.69. The van der Waals surface area contributed by atoms with Gasteiger partial charge in [0.25, 0.3) is 0 Å². The van der Waals surface area contributed by atoms with Gasteiger partial charge in [0.2, 0.25) is 0 Å². The van der Waals surface area contributed by atoms with E-state index in [1.165, 1.54) is 0 Å². The van der Waals surface area contributed by atoms with Crippen molar-refractivity contribution < 1.29 is 14.6 Å².